The van der Waals surface area contributed by atoms with E-state index < -0.39 is 5.56 Å². The molecule has 0 unspecified atom stereocenters. The van der Waals surface area contributed by atoms with E-state index >= 15 is 0 Å². The molecule has 0 aromatic carbocycles. The first-order valence-corrected chi connectivity index (χ1v) is 7.25. The average Bonchev–Trinajstić information content (AvgIpc) is 2.76. The molecular weight excluding hydrogens is 286 g/mol. The number of carbonyl (C=O) groups is 1. The standard InChI is InChI=1S/C15H15N3O2S/c1-8-5-12(11(4)21-8)14(19)7-18-15(20)13(6-16)9(2)10(3)17-18/h5H,7H2,1-4H3. The molecule has 0 bridgehead atoms. The third-order valence-corrected chi connectivity index (χ3v) is 4.35. The van der Waals surface area contributed by atoms with Gasteiger partial charge in [0.15, 0.2) is 5.78 Å². The quantitative estimate of drug-likeness (QED) is 0.815. The van der Waals surface area contributed by atoms with Crippen LogP contribution in [0.2, 0.25) is 0 Å². The van der Waals surface area contributed by atoms with Crippen LogP contribution in [0.4, 0.5) is 0 Å². The van der Waals surface area contributed by atoms with E-state index in [1.165, 1.54) is 0 Å². The highest BCUT2D eigenvalue weighted by Gasteiger charge is 2.17. The largest absolute Gasteiger partial charge is 0.292 e. The Morgan fingerprint density at radius 1 is 1.38 bits per heavy atom. The van der Waals surface area contributed by atoms with Crippen molar-refractivity contribution in [2.24, 2.45) is 0 Å². The molecule has 5 nitrogen and oxygen atoms in total. The number of hydrogen-bond donors (Lipinski definition) is 0. The van der Waals surface area contributed by atoms with E-state index in [4.69, 9.17) is 5.26 Å². The Bertz CT molecular complexity index is 825. The van der Waals surface area contributed by atoms with Crippen LogP contribution in [-0.4, -0.2) is 15.6 Å². The number of nitrogens with zero attached hydrogens (tertiary/aromatic N) is 3. The van der Waals surface area contributed by atoms with Crippen LogP contribution in [0.15, 0.2) is 10.9 Å². The summed E-state index contributed by atoms with van der Waals surface area (Å²) in [4.78, 5) is 26.5. The van der Waals surface area contributed by atoms with Gasteiger partial charge in [-0.25, -0.2) is 4.68 Å². The fourth-order valence-corrected chi connectivity index (χ4v) is 3.08. The van der Waals surface area contributed by atoms with Gasteiger partial charge in [0.05, 0.1) is 5.69 Å². The number of hydrogen-bond acceptors (Lipinski definition) is 5. The molecule has 0 aliphatic carbocycles. The molecule has 0 atom stereocenters. The molecule has 2 heterocycles. The molecule has 0 fully saturated rings. The Labute approximate surface area is 126 Å². The maximum absolute atomic E-state index is 12.3. The van der Waals surface area contributed by atoms with Gasteiger partial charge in [-0.05, 0) is 39.3 Å². The summed E-state index contributed by atoms with van der Waals surface area (Å²) in [7, 11) is 0. The van der Waals surface area contributed by atoms with Crippen molar-refractivity contribution in [2.45, 2.75) is 34.2 Å². The zero-order chi connectivity index (χ0) is 15.7. The van der Waals surface area contributed by atoms with Crippen LogP contribution in [0, 0.1) is 39.0 Å². The number of carbonyl (C=O) groups excluding carboxylic acids is 1. The van der Waals surface area contributed by atoms with Crippen molar-refractivity contribution in [1.29, 1.82) is 5.26 Å². The summed E-state index contributed by atoms with van der Waals surface area (Å²) in [5.74, 6) is -0.168. The summed E-state index contributed by atoms with van der Waals surface area (Å²) < 4.78 is 1.08. The second kappa shape index (κ2) is 5.62. The molecule has 108 valence electrons. The summed E-state index contributed by atoms with van der Waals surface area (Å²) >= 11 is 1.54. The lowest BCUT2D eigenvalue weighted by Crippen LogP contribution is -2.30. The van der Waals surface area contributed by atoms with Crippen molar-refractivity contribution in [3.05, 3.63) is 48.6 Å². The highest BCUT2D eigenvalue weighted by molar-refractivity contribution is 7.12. The normalized spacial score (nSPS) is 10.4. The van der Waals surface area contributed by atoms with Gasteiger partial charge >= 0.3 is 0 Å². The molecule has 0 aliphatic heterocycles. The zero-order valence-electron chi connectivity index (χ0n) is 12.4. The predicted molar refractivity (Wildman–Crippen MR) is 80.8 cm³/mol. The van der Waals surface area contributed by atoms with E-state index in [1.54, 1.807) is 25.2 Å². The maximum atomic E-state index is 12.3. The van der Waals surface area contributed by atoms with Crippen LogP contribution >= 0.6 is 11.3 Å². The fraction of sp³-hybridized carbons (Fsp3) is 0.333. The molecule has 0 spiro atoms. The van der Waals surface area contributed by atoms with Gasteiger partial charge in [-0.2, -0.15) is 10.4 Å². The van der Waals surface area contributed by atoms with Crippen LogP contribution in [0.1, 0.15) is 36.9 Å². The van der Waals surface area contributed by atoms with E-state index in [9.17, 15) is 9.59 Å². The fourth-order valence-electron chi connectivity index (χ4n) is 2.14. The summed E-state index contributed by atoms with van der Waals surface area (Å²) in [5, 5.41) is 13.2. The van der Waals surface area contributed by atoms with E-state index in [0.29, 0.717) is 16.8 Å². The van der Waals surface area contributed by atoms with E-state index in [1.807, 2.05) is 26.0 Å². The van der Waals surface area contributed by atoms with Gasteiger partial charge in [0.25, 0.3) is 5.56 Å². The minimum absolute atomic E-state index is 0.0496. The first kappa shape index (κ1) is 15.1. The zero-order valence-corrected chi connectivity index (χ0v) is 13.2. The van der Waals surface area contributed by atoms with Crippen molar-refractivity contribution in [3.8, 4) is 6.07 Å². The van der Waals surface area contributed by atoms with Crippen LogP contribution in [0.3, 0.4) is 0 Å². The molecule has 6 heteroatoms. The molecule has 0 saturated heterocycles. The van der Waals surface area contributed by atoms with Crippen LogP contribution in [0.25, 0.3) is 0 Å². The molecular formula is C15H15N3O2S. The molecule has 2 rings (SSSR count). The first-order chi connectivity index (χ1) is 9.85. The van der Waals surface area contributed by atoms with Crippen molar-refractivity contribution >= 4 is 17.1 Å². The Morgan fingerprint density at radius 3 is 2.57 bits per heavy atom. The van der Waals surface area contributed by atoms with Gasteiger partial charge in [-0.15, -0.1) is 11.3 Å². The molecule has 0 radical (unpaired) electrons. The first-order valence-electron chi connectivity index (χ1n) is 6.43. The number of thiophene rings is 1. The molecule has 2 aromatic rings. The smallest absolute Gasteiger partial charge is 0.285 e. The Balaban J connectivity index is 2.44. The Hall–Kier alpha value is -2.26. The summed E-state index contributed by atoms with van der Waals surface area (Å²) in [6.07, 6.45) is 0. The van der Waals surface area contributed by atoms with Crippen LogP contribution in [-0.2, 0) is 6.54 Å². The number of rotatable bonds is 3. The number of Topliss-reactive ketones (excluding diaryl/α,β-unsaturated/α-hetero) is 1. The second-order valence-electron chi connectivity index (χ2n) is 4.91. The Kier molecular flexibility index (Phi) is 4.05. The van der Waals surface area contributed by atoms with Crippen LogP contribution in [0.5, 0.6) is 0 Å². The van der Waals surface area contributed by atoms with Gasteiger partial charge in [-0.1, -0.05) is 0 Å². The second-order valence-corrected chi connectivity index (χ2v) is 6.37. The highest BCUT2D eigenvalue weighted by Crippen LogP contribution is 2.21. The van der Waals surface area contributed by atoms with E-state index in [2.05, 4.69) is 5.10 Å². The monoisotopic (exact) mass is 301 g/mol. The highest BCUT2D eigenvalue weighted by atomic mass is 32.1. The SMILES string of the molecule is Cc1cc(C(=O)Cn2nc(C)c(C)c(C#N)c2=O)c(C)s1. The molecule has 2 aromatic heterocycles. The average molecular weight is 301 g/mol. The van der Waals surface area contributed by atoms with E-state index in [0.717, 1.165) is 14.4 Å². The van der Waals surface area contributed by atoms with Gasteiger partial charge in [-0.3, -0.25) is 9.59 Å². The molecule has 0 aliphatic rings. The lowest BCUT2D eigenvalue weighted by Gasteiger charge is -2.08. The van der Waals surface area contributed by atoms with Crippen molar-refractivity contribution < 1.29 is 4.79 Å². The van der Waals surface area contributed by atoms with Gasteiger partial charge in [0.1, 0.15) is 18.2 Å². The van der Waals surface area contributed by atoms with Gasteiger partial charge in [0, 0.05) is 15.3 Å². The number of aryl methyl sites for hydroxylation is 3. The third kappa shape index (κ3) is 2.78. The number of ketones is 1. The van der Waals surface area contributed by atoms with Crippen molar-refractivity contribution in [3.63, 3.8) is 0 Å². The van der Waals surface area contributed by atoms with Gasteiger partial charge in [0.2, 0.25) is 0 Å². The molecule has 21 heavy (non-hydrogen) atoms. The molecule has 0 N–H and O–H groups in total. The summed E-state index contributed by atoms with van der Waals surface area (Å²) in [6, 6.07) is 3.71. The third-order valence-electron chi connectivity index (χ3n) is 3.38. The number of nitriles is 1. The van der Waals surface area contributed by atoms with E-state index in [-0.39, 0.29) is 17.9 Å². The van der Waals surface area contributed by atoms with Crippen molar-refractivity contribution in [2.75, 3.05) is 0 Å². The summed E-state index contributed by atoms with van der Waals surface area (Å²) in [6.45, 7) is 7.06. The Morgan fingerprint density at radius 2 is 2.05 bits per heavy atom. The lowest BCUT2D eigenvalue weighted by molar-refractivity contribution is 0.0965. The molecule has 0 saturated carbocycles. The van der Waals surface area contributed by atoms with Gasteiger partial charge < -0.3 is 0 Å². The summed E-state index contributed by atoms with van der Waals surface area (Å²) in [5.41, 5.74) is 1.29. The topological polar surface area (TPSA) is 75.8 Å². The van der Waals surface area contributed by atoms with Crippen LogP contribution < -0.4 is 5.56 Å². The minimum atomic E-state index is -0.515. The maximum Gasteiger partial charge on any atom is 0.285 e. The minimum Gasteiger partial charge on any atom is -0.292 e. The predicted octanol–water partition coefficient (Wildman–Crippen LogP) is 2.29. The lowest BCUT2D eigenvalue weighted by atomic mass is 10.1. The molecule has 0 amide bonds. The van der Waals surface area contributed by atoms with Crippen molar-refractivity contribution in [1.82, 2.24) is 9.78 Å². The number of aromatic nitrogens is 2.